The third-order valence-electron chi connectivity index (χ3n) is 3.99. The molecule has 0 spiro atoms. The third kappa shape index (κ3) is 5.98. The average molecular weight is 408 g/mol. The van der Waals surface area contributed by atoms with Gasteiger partial charge in [0.15, 0.2) is 5.13 Å². The van der Waals surface area contributed by atoms with E-state index in [0.29, 0.717) is 17.2 Å². The zero-order valence-corrected chi connectivity index (χ0v) is 16.6. The molecule has 3 aromatic rings. The molecule has 3 amide bonds. The summed E-state index contributed by atoms with van der Waals surface area (Å²) in [5, 5.41) is 10.3. The number of hydrogen-bond acceptors (Lipinski definition) is 5. The Morgan fingerprint density at radius 3 is 2.38 bits per heavy atom. The number of benzene rings is 2. The van der Waals surface area contributed by atoms with Crippen LogP contribution in [0.1, 0.15) is 22.8 Å². The number of carbonyl (C=O) groups excluding carboxylic acids is 3. The van der Waals surface area contributed by atoms with Crippen molar-refractivity contribution in [1.29, 1.82) is 0 Å². The van der Waals surface area contributed by atoms with Gasteiger partial charge in [0.1, 0.15) is 0 Å². The number of thiazole rings is 1. The Hall–Kier alpha value is -3.52. The van der Waals surface area contributed by atoms with E-state index in [0.717, 1.165) is 16.8 Å². The highest BCUT2D eigenvalue weighted by molar-refractivity contribution is 7.14. The van der Waals surface area contributed by atoms with Gasteiger partial charge in [0.05, 0.1) is 12.2 Å². The average Bonchev–Trinajstić information content (AvgIpc) is 3.20. The molecule has 0 saturated carbocycles. The first-order chi connectivity index (χ1) is 14.0. The fourth-order valence-corrected chi connectivity index (χ4v) is 3.24. The number of nitrogens with zero attached hydrogens (tertiary/aromatic N) is 1. The number of aromatic nitrogens is 1. The minimum atomic E-state index is -0.346. The molecule has 0 aliphatic carbocycles. The number of rotatable bonds is 7. The van der Waals surface area contributed by atoms with Gasteiger partial charge in [0, 0.05) is 30.0 Å². The Bertz CT molecular complexity index is 1000. The van der Waals surface area contributed by atoms with Gasteiger partial charge in [-0.05, 0) is 17.7 Å². The van der Waals surface area contributed by atoms with Crippen LogP contribution in [0.2, 0.25) is 0 Å². The Morgan fingerprint density at radius 2 is 1.69 bits per heavy atom. The predicted molar refractivity (Wildman–Crippen MR) is 112 cm³/mol. The molecule has 2 aromatic carbocycles. The maximum Gasteiger partial charge on any atom is 0.251 e. The van der Waals surface area contributed by atoms with Crippen molar-refractivity contribution in [2.45, 2.75) is 13.5 Å². The molecule has 0 aliphatic rings. The van der Waals surface area contributed by atoms with Crippen LogP contribution < -0.4 is 16.0 Å². The van der Waals surface area contributed by atoms with Crippen molar-refractivity contribution in [2.24, 2.45) is 0 Å². The van der Waals surface area contributed by atoms with Gasteiger partial charge in [-0.1, -0.05) is 42.5 Å². The van der Waals surface area contributed by atoms with Crippen LogP contribution >= 0.6 is 11.3 Å². The van der Waals surface area contributed by atoms with Gasteiger partial charge in [-0.25, -0.2) is 4.98 Å². The normalized spacial score (nSPS) is 10.2. The molecule has 8 heteroatoms. The van der Waals surface area contributed by atoms with Gasteiger partial charge in [0.25, 0.3) is 5.91 Å². The van der Waals surface area contributed by atoms with E-state index >= 15 is 0 Å². The lowest BCUT2D eigenvalue weighted by Crippen LogP contribution is -2.32. The lowest BCUT2D eigenvalue weighted by atomic mass is 10.1. The highest BCUT2D eigenvalue weighted by atomic mass is 32.1. The highest BCUT2D eigenvalue weighted by Crippen LogP contribution is 2.25. The molecule has 1 heterocycles. The van der Waals surface area contributed by atoms with Crippen molar-refractivity contribution >= 4 is 34.2 Å². The summed E-state index contributed by atoms with van der Waals surface area (Å²) in [6.07, 6.45) is 0. The van der Waals surface area contributed by atoms with Crippen LogP contribution in [0.15, 0.2) is 60.0 Å². The van der Waals surface area contributed by atoms with Gasteiger partial charge < -0.3 is 16.0 Å². The summed E-state index contributed by atoms with van der Waals surface area (Å²) < 4.78 is 0. The summed E-state index contributed by atoms with van der Waals surface area (Å²) in [6.45, 7) is 1.82. The summed E-state index contributed by atoms with van der Waals surface area (Å²) in [7, 11) is 0. The largest absolute Gasteiger partial charge is 0.352 e. The monoisotopic (exact) mass is 408 g/mol. The Kier molecular flexibility index (Phi) is 6.70. The SMILES string of the molecule is CC(=O)NCc1ccc(-c2csc(NC(=O)CNC(=O)c3ccccc3)n2)cc1. The molecule has 0 aliphatic heterocycles. The van der Waals surface area contributed by atoms with Crippen molar-refractivity contribution in [2.75, 3.05) is 11.9 Å². The minimum Gasteiger partial charge on any atom is -0.352 e. The molecule has 148 valence electrons. The van der Waals surface area contributed by atoms with Gasteiger partial charge >= 0.3 is 0 Å². The fourth-order valence-electron chi connectivity index (χ4n) is 2.50. The molecule has 29 heavy (non-hydrogen) atoms. The van der Waals surface area contributed by atoms with Gasteiger partial charge in [-0.15, -0.1) is 11.3 Å². The van der Waals surface area contributed by atoms with E-state index in [1.54, 1.807) is 24.3 Å². The minimum absolute atomic E-state index is 0.0751. The lowest BCUT2D eigenvalue weighted by molar-refractivity contribution is -0.119. The molecule has 1 aromatic heterocycles. The molecule has 0 fully saturated rings. The van der Waals surface area contributed by atoms with E-state index in [-0.39, 0.29) is 24.3 Å². The zero-order chi connectivity index (χ0) is 20.6. The van der Waals surface area contributed by atoms with Crippen LogP contribution in [-0.4, -0.2) is 29.3 Å². The second-order valence-electron chi connectivity index (χ2n) is 6.24. The molecular weight excluding hydrogens is 388 g/mol. The maximum absolute atomic E-state index is 12.1. The van der Waals surface area contributed by atoms with E-state index in [4.69, 9.17) is 0 Å². The summed E-state index contributed by atoms with van der Waals surface area (Å²) in [5.41, 5.74) is 3.14. The number of carbonyl (C=O) groups is 3. The van der Waals surface area contributed by atoms with Gasteiger partial charge in [-0.3, -0.25) is 14.4 Å². The molecule has 3 N–H and O–H groups in total. The fraction of sp³-hybridized carbons (Fsp3) is 0.143. The lowest BCUT2D eigenvalue weighted by Gasteiger charge is -2.05. The van der Waals surface area contributed by atoms with Gasteiger partial charge in [-0.2, -0.15) is 0 Å². The standard InChI is InChI=1S/C21H20N4O3S/c1-14(26)22-11-15-7-9-16(10-8-15)18-13-29-21(24-18)25-19(27)12-23-20(28)17-5-3-2-4-6-17/h2-10,13H,11-12H2,1H3,(H,22,26)(H,23,28)(H,24,25,27). The first-order valence-electron chi connectivity index (χ1n) is 8.93. The van der Waals surface area contributed by atoms with E-state index in [9.17, 15) is 14.4 Å². The van der Waals surface area contributed by atoms with Crippen molar-refractivity contribution in [3.8, 4) is 11.3 Å². The van der Waals surface area contributed by atoms with E-state index < -0.39 is 0 Å². The highest BCUT2D eigenvalue weighted by Gasteiger charge is 2.10. The Morgan fingerprint density at radius 1 is 0.966 bits per heavy atom. The third-order valence-corrected chi connectivity index (χ3v) is 4.74. The zero-order valence-electron chi connectivity index (χ0n) is 15.8. The molecule has 7 nitrogen and oxygen atoms in total. The van der Waals surface area contributed by atoms with Crippen molar-refractivity contribution < 1.29 is 14.4 Å². The topological polar surface area (TPSA) is 100 Å². The van der Waals surface area contributed by atoms with Crippen LogP contribution in [0.25, 0.3) is 11.3 Å². The Labute approximate surface area is 172 Å². The molecule has 0 unspecified atom stereocenters. The van der Waals surface area contributed by atoms with Crippen molar-refractivity contribution in [3.05, 3.63) is 71.1 Å². The number of amides is 3. The van der Waals surface area contributed by atoms with E-state index in [2.05, 4.69) is 20.9 Å². The molecule has 0 bridgehead atoms. The van der Waals surface area contributed by atoms with Crippen LogP contribution in [-0.2, 0) is 16.1 Å². The molecule has 0 atom stereocenters. The van der Waals surface area contributed by atoms with Gasteiger partial charge in [0.2, 0.25) is 11.8 Å². The Balaban J connectivity index is 1.52. The van der Waals surface area contributed by atoms with Crippen LogP contribution in [0, 0.1) is 0 Å². The smallest absolute Gasteiger partial charge is 0.251 e. The van der Waals surface area contributed by atoms with Crippen LogP contribution in [0.4, 0.5) is 5.13 Å². The molecule has 0 radical (unpaired) electrons. The molecule has 0 saturated heterocycles. The summed E-state index contributed by atoms with van der Waals surface area (Å²) in [6, 6.07) is 16.4. The van der Waals surface area contributed by atoms with Crippen molar-refractivity contribution in [3.63, 3.8) is 0 Å². The molecular formula is C21H20N4O3S. The number of hydrogen-bond donors (Lipinski definition) is 3. The second kappa shape index (κ2) is 9.61. The van der Waals surface area contributed by atoms with Crippen LogP contribution in [0.5, 0.6) is 0 Å². The first-order valence-corrected chi connectivity index (χ1v) is 9.81. The van der Waals surface area contributed by atoms with E-state index in [1.165, 1.54) is 18.3 Å². The quantitative estimate of drug-likeness (QED) is 0.560. The molecule has 3 rings (SSSR count). The van der Waals surface area contributed by atoms with Crippen molar-refractivity contribution in [1.82, 2.24) is 15.6 Å². The van der Waals surface area contributed by atoms with E-state index in [1.807, 2.05) is 35.7 Å². The maximum atomic E-state index is 12.1. The van der Waals surface area contributed by atoms with Crippen LogP contribution in [0.3, 0.4) is 0 Å². The number of anilines is 1. The second-order valence-corrected chi connectivity index (χ2v) is 7.10. The first kappa shape index (κ1) is 20.2. The summed E-state index contributed by atoms with van der Waals surface area (Å²) in [5.74, 6) is -0.727. The summed E-state index contributed by atoms with van der Waals surface area (Å²) >= 11 is 1.31. The summed E-state index contributed by atoms with van der Waals surface area (Å²) in [4.78, 5) is 39.4. The number of nitrogens with one attached hydrogen (secondary N) is 3. The predicted octanol–water partition coefficient (Wildman–Crippen LogP) is 2.81.